The topological polar surface area (TPSA) is 113 Å². The van der Waals surface area contributed by atoms with E-state index in [1.807, 2.05) is 50.8 Å². The molecule has 0 bridgehead atoms. The zero-order chi connectivity index (χ0) is 27.5. The van der Waals surface area contributed by atoms with Crippen molar-refractivity contribution in [2.24, 2.45) is 18.2 Å². The number of nitrogens with two attached hydrogens (primary N) is 1. The van der Waals surface area contributed by atoms with Gasteiger partial charge in [-0.25, -0.2) is 18.9 Å². The molecule has 11 heteroatoms. The molecule has 6 rings (SSSR count). The number of hydrogen-bond donors (Lipinski definition) is 1. The second-order valence-electron chi connectivity index (χ2n) is 11.9. The van der Waals surface area contributed by atoms with Gasteiger partial charge in [-0.3, -0.25) is 4.18 Å². The highest BCUT2D eigenvalue weighted by atomic mass is 32.2. The van der Waals surface area contributed by atoms with Crippen molar-refractivity contribution in [1.29, 1.82) is 0 Å². The van der Waals surface area contributed by atoms with E-state index in [1.165, 1.54) is 0 Å². The molecule has 10 nitrogen and oxygen atoms in total. The van der Waals surface area contributed by atoms with E-state index < -0.39 is 15.8 Å². The first-order valence-electron chi connectivity index (χ1n) is 13.5. The zero-order valence-corrected chi connectivity index (χ0v) is 24.1. The maximum Gasteiger partial charge on any atom is 0.182 e. The van der Waals surface area contributed by atoms with Gasteiger partial charge in [0.05, 0.1) is 29.3 Å². The van der Waals surface area contributed by atoms with Crippen molar-refractivity contribution in [3.8, 4) is 5.69 Å². The summed E-state index contributed by atoms with van der Waals surface area (Å²) in [6.07, 6.45) is 5.71. The number of piperidine rings is 1. The minimum Gasteiger partial charge on any atom is -0.376 e. The minimum absolute atomic E-state index is 0.00289. The molecule has 4 aromatic rings. The minimum atomic E-state index is -1.49. The molecule has 1 unspecified atom stereocenters. The molecule has 2 aliphatic rings. The van der Waals surface area contributed by atoms with Gasteiger partial charge in [0.15, 0.2) is 22.5 Å². The Balaban J connectivity index is 1.38. The standard InChI is InChI=1S/C28H37N7O3S/c1-18-24(29)28(17-37-18)10-13-34(14-11-28)25-21(16-38-39(36)27(2,3)4)32-26-20(31-25)15-30-35(26)23-8-6-7-22-19(23)9-12-33(22)5/h6-9,12,15,18,24H,10-11,13-14,16-17,29H2,1-5H3/t18-,24+,39?/m0/s1. The molecule has 3 aromatic heterocycles. The number of benzene rings is 1. The number of aromatic nitrogens is 5. The Bertz CT molecular complexity index is 1550. The van der Waals surface area contributed by atoms with Crippen LogP contribution in [0.5, 0.6) is 0 Å². The van der Waals surface area contributed by atoms with Crippen LogP contribution in [0.4, 0.5) is 5.82 Å². The summed E-state index contributed by atoms with van der Waals surface area (Å²) in [6, 6.07) is 8.25. The Morgan fingerprint density at radius 1 is 1.21 bits per heavy atom. The van der Waals surface area contributed by atoms with E-state index in [9.17, 15) is 4.21 Å². The molecule has 5 heterocycles. The van der Waals surface area contributed by atoms with E-state index >= 15 is 0 Å². The van der Waals surface area contributed by atoms with Crippen LogP contribution in [0.3, 0.4) is 0 Å². The van der Waals surface area contributed by atoms with Crippen LogP contribution >= 0.6 is 0 Å². The predicted molar refractivity (Wildman–Crippen MR) is 153 cm³/mol. The molecule has 1 spiro atoms. The summed E-state index contributed by atoms with van der Waals surface area (Å²) in [6.45, 7) is 10.1. The maximum atomic E-state index is 12.8. The van der Waals surface area contributed by atoms with E-state index in [1.54, 1.807) is 6.20 Å². The number of hydrogen-bond acceptors (Lipinski definition) is 8. The molecule has 0 saturated carbocycles. The van der Waals surface area contributed by atoms with Crippen molar-refractivity contribution < 1.29 is 13.1 Å². The summed E-state index contributed by atoms with van der Waals surface area (Å²) in [7, 11) is 2.03. The van der Waals surface area contributed by atoms with Gasteiger partial charge in [-0.1, -0.05) is 6.07 Å². The number of rotatable bonds is 5. The van der Waals surface area contributed by atoms with Gasteiger partial charge in [0, 0.05) is 48.7 Å². The third kappa shape index (κ3) is 4.55. The highest BCUT2D eigenvalue weighted by Crippen LogP contribution is 2.42. The van der Waals surface area contributed by atoms with Crippen molar-refractivity contribution in [1.82, 2.24) is 24.3 Å². The average Bonchev–Trinajstić information content (AvgIpc) is 3.59. The van der Waals surface area contributed by atoms with Gasteiger partial charge < -0.3 is 19.9 Å². The number of nitrogens with zero attached hydrogens (tertiary/aromatic N) is 6. The van der Waals surface area contributed by atoms with Crippen LogP contribution in [0.1, 0.15) is 46.2 Å². The Kier molecular flexibility index (Phi) is 6.53. The fourth-order valence-corrected chi connectivity index (χ4v) is 6.37. The lowest BCUT2D eigenvalue weighted by Crippen LogP contribution is -2.51. The molecular weight excluding hydrogens is 514 g/mol. The van der Waals surface area contributed by atoms with Crippen molar-refractivity contribution in [3.05, 3.63) is 42.4 Å². The van der Waals surface area contributed by atoms with Gasteiger partial charge in [-0.15, -0.1) is 0 Å². The molecule has 2 fully saturated rings. The quantitative estimate of drug-likeness (QED) is 0.400. The summed E-state index contributed by atoms with van der Waals surface area (Å²) < 4.78 is 28.0. The van der Waals surface area contributed by atoms with Crippen LogP contribution in [-0.2, 0) is 33.7 Å². The number of aryl methyl sites for hydroxylation is 1. The first kappa shape index (κ1) is 26.4. The van der Waals surface area contributed by atoms with Gasteiger partial charge in [-0.05, 0) is 58.7 Å². The van der Waals surface area contributed by atoms with Crippen LogP contribution in [0.25, 0.3) is 27.8 Å². The molecule has 2 saturated heterocycles. The van der Waals surface area contributed by atoms with Crippen LogP contribution in [0, 0.1) is 5.41 Å². The molecule has 0 amide bonds. The lowest BCUT2D eigenvalue weighted by Gasteiger charge is -2.41. The third-order valence-corrected chi connectivity index (χ3v) is 9.62. The molecule has 0 aliphatic carbocycles. The molecular formula is C28H37N7O3S. The first-order valence-corrected chi connectivity index (χ1v) is 14.6. The molecule has 1 aromatic carbocycles. The Labute approximate surface area is 231 Å². The Morgan fingerprint density at radius 2 is 1.97 bits per heavy atom. The Morgan fingerprint density at radius 3 is 2.67 bits per heavy atom. The zero-order valence-electron chi connectivity index (χ0n) is 23.3. The van der Waals surface area contributed by atoms with E-state index in [4.69, 9.17) is 29.7 Å². The van der Waals surface area contributed by atoms with E-state index in [2.05, 4.69) is 28.5 Å². The van der Waals surface area contributed by atoms with Gasteiger partial charge in [-0.2, -0.15) is 5.10 Å². The smallest absolute Gasteiger partial charge is 0.182 e. The lowest BCUT2D eigenvalue weighted by molar-refractivity contribution is 0.0974. The summed E-state index contributed by atoms with van der Waals surface area (Å²) in [5, 5.41) is 5.77. The highest BCUT2D eigenvalue weighted by Gasteiger charge is 2.47. The van der Waals surface area contributed by atoms with E-state index in [-0.39, 0.29) is 24.2 Å². The largest absolute Gasteiger partial charge is 0.376 e. The summed E-state index contributed by atoms with van der Waals surface area (Å²) >= 11 is -1.49. The number of fused-ring (bicyclic) bond motifs is 2. The maximum absolute atomic E-state index is 12.8. The second-order valence-corrected chi connectivity index (χ2v) is 13.8. The fourth-order valence-electron chi connectivity index (χ4n) is 5.79. The monoisotopic (exact) mass is 551 g/mol. The van der Waals surface area contributed by atoms with Gasteiger partial charge >= 0.3 is 0 Å². The average molecular weight is 552 g/mol. The first-order chi connectivity index (χ1) is 18.6. The number of ether oxygens (including phenoxy) is 1. The Hall–Kier alpha value is -2.86. The summed E-state index contributed by atoms with van der Waals surface area (Å²) in [4.78, 5) is 12.4. The normalized spacial score (nSPS) is 22.4. The van der Waals surface area contributed by atoms with E-state index in [0.717, 1.165) is 48.3 Å². The fraction of sp³-hybridized carbons (Fsp3) is 0.536. The molecule has 3 atom stereocenters. The second kappa shape index (κ2) is 9.65. The lowest BCUT2D eigenvalue weighted by atomic mass is 9.73. The van der Waals surface area contributed by atoms with Crippen LogP contribution in [0.2, 0.25) is 0 Å². The number of anilines is 1. The van der Waals surface area contributed by atoms with Crippen molar-refractivity contribution >= 4 is 39.0 Å². The SMILES string of the molecule is C[C@@H]1OCC2(CCN(c3nc4cnn(-c5cccc6c5ccn6C)c4nc3COS(=O)C(C)(C)C)CC2)[C@@H]1N. The third-order valence-electron chi connectivity index (χ3n) is 8.29. The molecule has 2 aliphatic heterocycles. The summed E-state index contributed by atoms with van der Waals surface area (Å²) in [5.41, 5.74) is 10.6. The van der Waals surface area contributed by atoms with Crippen LogP contribution in [0.15, 0.2) is 36.7 Å². The van der Waals surface area contributed by atoms with Gasteiger partial charge in [0.1, 0.15) is 17.8 Å². The predicted octanol–water partition coefficient (Wildman–Crippen LogP) is 3.62. The summed E-state index contributed by atoms with van der Waals surface area (Å²) in [5.74, 6) is 0.751. The van der Waals surface area contributed by atoms with Gasteiger partial charge in [0.25, 0.3) is 0 Å². The molecule has 2 N–H and O–H groups in total. The molecule has 39 heavy (non-hydrogen) atoms. The van der Waals surface area contributed by atoms with Crippen molar-refractivity contribution in [2.75, 3.05) is 24.6 Å². The van der Waals surface area contributed by atoms with Crippen LogP contribution < -0.4 is 10.6 Å². The van der Waals surface area contributed by atoms with Crippen molar-refractivity contribution in [3.63, 3.8) is 0 Å². The van der Waals surface area contributed by atoms with Crippen molar-refractivity contribution in [2.45, 2.75) is 64.0 Å². The molecule has 208 valence electrons. The molecule has 0 radical (unpaired) electrons. The van der Waals surface area contributed by atoms with Crippen LogP contribution in [-0.4, -0.2) is 65.1 Å². The van der Waals surface area contributed by atoms with Gasteiger partial charge in [0.2, 0.25) is 0 Å². The highest BCUT2D eigenvalue weighted by molar-refractivity contribution is 7.81. The van der Waals surface area contributed by atoms with E-state index in [0.29, 0.717) is 23.5 Å².